The summed E-state index contributed by atoms with van der Waals surface area (Å²) >= 11 is 8.16. The fourth-order valence-electron chi connectivity index (χ4n) is 1.53. The molecule has 2 aromatic rings. The molecular weight excluding hydrogens is 392 g/mol. The number of thiophene rings is 1. The van der Waals surface area contributed by atoms with E-state index in [0.29, 0.717) is 4.88 Å². The maximum Gasteiger partial charge on any atom is 0.195 e. The highest BCUT2D eigenvalue weighted by Gasteiger charge is 2.06. The number of hydrogen-bond acceptors (Lipinski definition) is 3. The van der Waals surface area contributed by atoms with Crippen molar-refractivity contribution in [2.45, 2.75) is 0 Å². The van der Waals surface area contributed by atoms with E-state index < -0.39 is 0 Å². The summed E-state index contributed by atoms with van der Waals surface area (Å²) in [5.41, 5.74) is 0.862. The largest absolute Gasteiger partial charge is 0.496 e. The quantitative estimate of drug-likeness (QED) is 0.521. The van der Waals surface area contributed by atoms with E-state index in [0.717, 1.165) is 20.3 Å². The Balaban J connectivity index is 2.23. The molecule has 0 N–H and O–H groups in total. The van der Waals surface area contributed by atoms with Crippen LogP contribution in [0.4, 0.5) is 0 Å². The van der Waals surface area contributed by atoms with Gasteiger partial charge in [-0.15, -0.1) is 11.3 Å². The number of carbonyl (C=O) groups is 1. The van der Waals surface area contributed by atoms with Crippen LogP contribution >= 0.6 is 43.2 Å². The zero-order valence-corrected chi connectivity index (χ0v) is 14.0. The van der Waals surface area contributed by atoms with E-state index >= 15 is 0 Å². The van der Waals surface area contributed by atoms with Crippen molar-refractivity contribution in [3.05, 3.63) is 55.1 Å². The van der Waals surface area contributed by atoms with Gasteiger partial charge in [0, 0.05) is 19.9 Å². The molecule has 0 saturated heterocycles. The molecule has 5 heteroatoms. The maximum atomic E-state index is 12.0. The van der Waals surface area contributed by atoms with E-state index in [1.807, 2.05) is 29.6 Å². The average Bonchev–Trinajstić information content (AvgIpc) is 2.83. The number of ketones is 1. The summed E-state index contributed by atoms with van der Waals surface area (Å²) < 4.78 is 7.12. The van der Waals surface area contributed by atoms with Crippen molar-refractivity contribution >= 4 is 55.1 Å². The highest BCUT2D eigenvalue weighted by Crippen LogP contribution is 2.25. The van der Waals surface area contributed by atoms with Gasteiger partial charge in [-0.05, 0) is 52.3 Å². The molecular formula is C14H10Br2O2S. The van der Waals surface area contributed by atoms with Crippen LogP contribution in [0.3, 0.4) is 0 Å². The number of rotatable bonds is 4. The van der Waals surface area contributed by atoms with E-state index in [1.54, 1.807) is 19.3 Å². The Bertz CT molecular complexity index is 632. The molecule has 19 heavy (non-hydrogen) atoms. The van der Waals surface area contributed by atoms with Crippen LogP contribution in [0.1, 0.15) is 15.2 Å². The van der Waals surface area contributed by atoms with Crippen LogP contribution < -0.4 is 4.74 Å². The summed E-state index contributed by atoms with van der Waals surface area (Å²) in [6.45, 7) is 0. The van der Waals surface area contributed by atoms with Gasteiger partial charge in [-0.3, -0.25) is 4.79 Å². The van der Waals surface area contributed by atoms with E-state index in [2.05, 4.69) is 31.9 Å². The van der Waals surface area contributed by atoms with Crippen molar-refractivity contribution in [1.29, 1.82) is 0 Å². The topological polar surface area (TPSA) is 26.3 Å². The number of ether oxygens (including phenoxy) is 1. The van der Waals surface area contributed by atoms with Gasteiger partial charge in [0.05, 0.1) is 12.0 Å². The zero-order valence-electron chi connectivity index (χ0n) is 10.0. The summed E-state index contributed by atoms with van der Waals surface area (Å²) in [7, 11) is 1.61. The smallest absolute Gasteiger partial charge is 0.195 e. The number of benzene rings is 1. The second-order valence-corrected chi connectivity index (χ2v) is 6.46. The van der Waals surface area contributed by atoms with Crippen LogP contribution in [0.5, 0.6) is 5.75 Å². The molecule has 0 bridgehead atoms. The van der Waals surface area contributed by atoms with Crippen molar-refractivity contribution < 1.29 is 9.53 Å². The third-order valence-electron chi connectivity index (χ3n) is 2.42. The molecule has 0 fully saturated rings. The highest BCUT2D eigenvalue weighted by atomic mass is 79.9. The lowest BCUT2D eigenvalue weighted by Gasteiger charge is -2.04. The first-order chi connectivity index (χ1) is 9.10. The molecule has 0 aliphatic heterocycles. The van der Waals surface area contributed by atoms with Crippen molar-refractivity contribution in [2.24, 2.45) is 0 Å². The molecule has 0 saturated carbocycles. The predicted molar refractivity (Wildman–Crippen MR) is 86.1 cm³/mol. The number of allylic oxidation sites excluding steroid dienone is 1. The van der Waals surface area contributed by atoms with Gasteiger partial charge in [0.15, 0.2) is 5.78 Å². The molecule has 1 aromatic heterocycles. The fourth-order valence-corrected chi connectivity index (χ4v) is 3.25. The van der Waals surface area contributed by atoms with Gasteiger partial charge < -0.3 is 4.74 Å². The number of carbonyl (C=O) groups excluding carboxylic acids is 1. The van der Waals surface area contributed by atoms with Crippen molar-refractivity contribution in [2.75, 3.05) is 7.11 Å². The van der Waals surface area contributed by atoms with Gasteiger partial charge in [-0.25, -0.2) is 0 Å². The zero-order chi connectivity index (χ0) is 13.8. The van der Waals surface area contributed by atoms with Crippen LogP contribution in [-0.4, -0.2) is 12.9 Å². The van der Waals surface area contributed by atoms with Gasteiger partial charge >= 0.3 is 0 Å². The molecule has 1 heterocycles. The lowest BCUT2D eigenvalue weighted by molar-refractivity contribution is 0.105. The van der Waals surface area contributed by atoms with Crippen LogP contribution in [0.25, 0.3) is 6.08 Å². The summed E-state index contributed by atoms with van der Waals surface area (Å²) in [6.07, 6.45) is 3.32. The molecule has 2 nitrogen and oxygen atoms in total. The van der Waals surface area contributed by atoms with E-state index in [-0.39, 0.29) is 5.78 Å². The minimum atomic E-state index is -0.0160. The monoisotopic (exact) mass is 400 g/mol. The van der Waals surface area contributed by atoms with Crippen molar-refractivity contribution in [1.82, 2.24) is 0 Å². The first-order valence-electron chi connectivity index (χ1n) is 5.40. The second-order valence-electron chi connectivity index (χ2n) is 3.71. The first-order valence-corrected chi connectivity index (χ1v) is 7.86. The van der Waals surface area contributed by atoms with Crippen molar-refractivity contribution in [3.8, 4) is 5.75 Å². The summed E-state index contributed by atoms with van der Waals surface area (Å²) in [5, 5.41) is 1.89. The molecule has 0 aliphatic rings. The molecule has 0 spiro atoms. The molecule has 0 amide bonds. The number of hydrogen-bond donors (Lipinski definition) is 0. The van der Waals surface area contributed by atoms with E-state index in [4.69, 9.17) is 4.74 Å². The van der Waals surface area contributed by atoms with Gasteiger partial charge in [-0.1, -0.05) is 15.9 Å². The molecule has 2 rings (SSSR count). The predicted octanol–water partition coefficient (Wildman–Crippen LogP) is 5.18. The summed E-state index contributed by atoms with van der Waals surface area (Å²) in [5.74, 6) is 0.720. The SMILES string of the molecule is COc1ccc(Br)cc1/C=C/C(=O)c1cc(Br)cs1. The standard InChI is InChI=1S/C14H10Br2O2S/c1-18-13-5-3-10(15)6-9(13)2-4-12(17)14-7-11(16)8-19-14/h2-8H,1H3/b4-2+. The molecule has 0 unspecified atom stereocenters. The molecule has 98 valence electrons. The van der Waals surface area contributed by atoms with Crippen LogP contribution in [0.15, 0.2) is 44.7 Å². The molecule has 0 atom stereocenters. The van der Waals surface area contributed by atoms with Crippen LogP contribution in [-0.2, 0) is 0 Å². The highest BCUT2D eigenvalue weighted by molar-refractivity contribution is 9.10. The third kappa shape index (κ3) is 3.78. The van der Waals surface area contributed by atoms with Crippen LogP contribution in [0, 0.1) is 0 Å². The summed E-state index contributed by atoms with van der Waals surface area (Å²) in [4.78, 5) is 12.7. The number of methoxy groups -OCH3 is 1. The molecule has 0 radical (unpaired) electrons. The van der Waals surface area contributed by atoms with Crippen molar-refractivity contribution in [3.63, 3.8) is 0 Å². The average molecular weight is 402 g/mol. The minimum Gasteiger partial charge on any atom is -0.496 e. The second kappa shape index (κ2) is 6.50. The molecule has 0 aliphatic carbocycles. The van der Waals surface area contributed by atoms with Crippen LogP contribution in [0.2, 0.25) is 0 Å². The minimum absolute atomic E-state index is 0.0160. The first kappa shape index (κ1) is 14.5. The maximum absolute atomic E-state index is 12.0. The van der Waals surface area contributed by atoms with Gasteiger partial charge in [-0.2, -0.15) is 0 Å². The number of halogens is 2. The lowest BCUT2D eigenvalue weighted by atomic mass is 10.1. The van der Waals surface area contributed by atoms with E-state index in [9.17, 15) is 4.79 Å². The molecule has 1 aromatic carbocycles. The Hall–Kier alpha value is -0.910. The normalized spacial score (nSPS) is 10.9. The Morgan fingerprint density at radius 1 is 1.26 bits per heavy atom. The van der Waals surface area contributed by atoms with E-state index in [1.165, 1.54) is 11.3 Å². The Labute approximate surface area is 132 Å². The lowest BCUT2D eigenvalue weighted by Crippen LogP contribution is -1.90. The fraction of sp³-hybridized carbons (Fsp3) is 0.0714. The van der Waals surface area contributed by atoms with Gasteiger partial charge in [0.2, 0.25) is 0 Å². The Kier molecular flexibility index (Phi) is 4.96. The van der Waals surface area contributed by atoms with Gasteiger partial charge in [0.1, 0.15) is 5.75 Å². The third-order valence-corrected chi connectivity index (χ3v) is 4.62. The Morgan fingerprint density at radius 2 is 2.05 bits per heavy atom. The summed E-state index contributed by atoms with van der Waals surface area (Å²) in [6, 6.07) is 7.48. The van der Waals surface area contributed by atoms with Gasteiger partial charge in [0.25, 0.3) is 0 Å². The Morgan fingerprint density at radius 3 is 2.68 bits per heavy atom.